The molecule has 92 valence electrons. The van der Waals surface area contributed by atoms with E-state index in [-0.39, 0.29) is 5.56 Å². The van der Waals surface area contributed by atoms with Crippen LogP contribution in [0.25, 0.3) is 10.9 Å². The SMILES string of the molecule is CC1CN(c2ncc3cc(C(=O)O)ccc3n2)C1. The molecule has 0 unspecified atom stereocenters. The smallest absolute Gasteiger partial charge is 0.335 e. The molecule has 5 heteroatoms. The normalized spacial score (nSPS) is 15.7. The highest BCUT2D eigenvalue weighted by Gasteiger charge is 2.24. The number of anilines is 1. The first-order chi connectivity index (χ1) is 8.63. The summed E-state index contributed by atoms with van der Waals surface area (Å²) in [6.45, 7) is 4.16. The number of rotatable bonds is 2. The zero-order valence-corrected chi connectivity index (χ0v) is 10.00. The number of hydrogen-bond donors (Lipinski definition) is 1. The van der Waals surface area contributed by atoms with Crippen LogP contribution in [0.2, 0.25) is 0 Å². The third-order valence-corrected chi connectivity index (χ3v) is 3.16. The van der Waals surface area contributed by atoms with E-state index in [4.69, 9.17) is 5.11 Å². The number of nitrogens with zero attached hydrogens (tertiary/aromatic N) is 3. The second-order valence-electron chi connectivity index (χ2n) is 4.76. The standard InChI is InChI=1S/C13H13N3O2/c1-8-6-16(7-8)13-14-5-10-4-9(12(17)18)2-3-11(10)15-13/h2-5,8H,6-7H2,1H3,(H,17,18). The van der Waals surface area contributed by atoms with Crippen molar-refractivity contribution in [1.29, 1.82) is 0 Å². The van der Waals surface area contributed by atoms with E-state index >= 15 is 0 Å². The molecule has 1 aliphatic rings. The summed E-state index contributed by atoms with van der Waals surface area (Å²) in [5.41, 5.74) is 1.04. The van der Waals surface area contributed by atoms with Crippen LogP contribution in [0.3, 0.4) is 0 Å². The fraction of sp³-hybridized carbons (Fsp3) is 0.308. The van der Waals surface area contributed by atoms with Gasteiger partial charge in [-0.1, -0.05) is 6.92 Å². The third kappa shape index (κ3) is 1.77. The second kappa shape index (κ2) is 3.94. The molecule has 0 saturated carbocycles. The van der Waals surface area contributed by atoms with Crippen molar-refractivity contribution in [3.63, 3.8) is 0 Å². The Morgan fingerprint density at radius 2 is 2.22 bits per heavy atom. The molecule has 0 amide bonds. The first-order valence-corrected chi connectivity index (χ1v) is 5.88. The number of carboxylic acid groups (broad SMARTS) is 1. The van der Waals surface area contributed by atoms with Crippen molar-refractivity contribution in [2.75, 3.05) is 18.0 Å². The highest BCUT2D eigenvalue weighted by atomic mass is 16.4. The molecule has 1 saturated heterocycles. The Bertz CT molecular complexity index is 621. The van der Waals surface area contributed by atoms with Crippen LogP contribution in [0.1, 0.15) is 17.3 Å². The Hall–Kier alpha value is -2.17. The lowest BCUT2D eigenvalue weighted by Gasteiger charge is -2.37. The van der Waals surface area contributed by atoms with Gasteiger partial charge < -0.3 is 10.0 Å². The van der Waals surface area contributed by atoms with Crippen molar-refractivity contribution in [2.24, 2.45) is 5.92 Å². The van der Waals surface area contributed by atoms with Gasteiger partial charge in [0.25, 0.3) is 0 Å². The molecule has 0 radical (unpaired) electrons. The highest BCUT2D eigenvalue weighted by molar-refractivity contribution is 5.93. The largest absolute Gasteiger partial charge is 0.478 e. The van der Waals surface area contributed by atoms with Gasteiger partial charge in [0.05, 0.1) is 11.1 Å². The number of carboxylic acids is 1. The van der Waals surface area contributed by atoms with E-state index in [1.54, 1.807) is 24.4 Å². The number of aromatic carboxylic acids is 1. The Balaban J connectivity index is 1.98. The third-order valence-electron chi connectivity index (χ3n) is 3.16. The molecule has 1 aromatic heterocycles. The van der Waals surface area contributed by atoms with E-state index < -0.39 is 5.97 Å². The molecule has 0 atom stereocenters. The quantitative estimate of drug-likeness (QED) is 0.871. The van der Waals surface area contributed by atoms with Gasteiger partial charge in [-0.3, -0.25) is 0 Å². The van der Waals surface area contributed by atoms with Crippen LogP contribution in [-0.4, -0.2) is 34.1 Å². The Morgan fingerprint density at radius 3 is 2.89 bits per heavy atom. The average Bonchev–Trinajstić information content (AvgIpc) is 2.33. The minimum atomic E-state index is -0.933. The van der Waals surface area contributed by atoms with E-state index in [1.807, 2.05) is 0 Å². The molecule has 1 N–H and O–H groups in total. The molecule has 3 rings (SSSR count). The molecule has 1 aromatic carbocycles. The van der Waals surface area contributed by atoms with Crippen molar-refractivity contribution < 1.29 is 9.90 Å². The van der Waals surface area contributed by atoms with Gasteiger partial charge in [-0.2, -0.15) is 0 Å². The van der Waals surface area contributed by atoms with E-state index in [1.165, 1.54) is 0 Å². The molecule has 1 aliphatic heterocycles. The van der Waals surface area contributed by atoms with Gasteiger partial charge in [0.2, 0.25) is 5.95 Å². The number of aromatic nitrogens is 2. The fourth-order valence-electron chi connectivity index (χ4n) is 2.17. The molecule has 5 nitrogen and oxygen atoms in total. The average molecular weight is 243 g/mol. The summed E-state index contributed by atoms with van der Waals surface area (Å²) in [5.74, 6) is 0.486. The zero-order chi connectivity index (χ0) is 12.7. The first kappa shape index (κ1) is 11.0. The molecule has 0 aliphatic carbocycles. The molecule has 0 bridgehead atoms. The van der Waals surface area contributed by atoms with Gasteiger partial charge in [-0.25, -0.2) is 14.8 Å². The molecule has 2 aromatic rings. The summed E-state index contributed by atoms with van der Waals surface area (Å²) in [7, 11) is 0. The number of carbonyl (C=O) groups is 1. The maximum Gasteiger partial charge on any atom is 0.335 e. The second-order valence-corrected chi connectivity index (χ2v) is 4.76. The summed E-state index contributed by atoms with van der Waals surface area (Å²) in [4.78, 5) is 21.7. The van der Waals surface area contributed by atoms with Crippen molar-refractivity contribution in [3.8, 4) is 0 Å². The van der Waals surface area contributed by atoms with Gasteiger partial charge in [0.15, 0.2) is 0 Å². The van der Waals surface area contributed by atoms with Crippen LogP contribution in [0, 0.1) is 5.92 Å². The number of benzene rings is 1. The van der Waals surface area contributed by atoms with Crippen LogP contribution in [0.4, 0.5) is 5.95 Å². The molecular formula is C13H13N3O2. The van der Waals surface area contributed by atoms with Crippen molar-refractivity contribution in [3.05, 3.63) is 30.0 Å². The molecule has 18 heavy (non-hydrogen) atoms. The predicted octanol–water partition coefficient (Wildman–Crippen LogP) is 1.78. The Kier molecular flexibility index (Phi) is 2.40. The summed E-state index contributed by atoms with van der Waals surface area (Å²) in [6, 6.07) is 4.90. The topological polar surface area (TPSA) is 66.3 Å². The van der Waals surface area contributed by atoms with Gasteiger partial charge >= 0.3 is 5.97 Å². The van der Waals surface area contributed by atoms with Crippen LogP contribution in [-0.2, 0) is 0 Å². The summed E-state index contributed by atoms with van der Waals surface area (Å²) >= 11 is 0. The lowest BCUT2D eigenvalue weighted by molar-refractivity contribution is 0.0697. The number of fused-ring (bicyclic) bond motifs is 1. The van der Waals surface area contributed by atoms with E-state index in [2.05, 4.69) is 21.8 Å². The molecule has 2 heterocycles. The van der Waals surface area contributed by atoms with Crippen LogP contribution in [0.15, 0.2) is 24.4 Å². The van der Waals surface area contributed by atoms with Crippen molar-refractivity contribution >= 4 is 22.8 Å². The van der Waals surface area contributed by atoms with E-state index in [0.29, 0.717) is 5.92 Å². The maximum absolute atomic E-state index is 10.9. The van der Waals surface area contributed by atoms with Gasteiger partial charge in [-0.15, -0.1) is 0 Å². The lowest BCUT2D eigenvalue weighted by atomic mass is 10.0. The predicted molar refractivity (Wildman–Crippen MR) is 67.9 cm³/mol. The number of hydrogen-bond acceptors (Lipinski definition) is 4. The fourth-order valence-corrected chi connectivity index (χ4v) is 2.17. The summed E-state index contributed by atoms with van der Waals surface area (Å²) in [6.07, 6.45) is 1.69. The van der Waals surface area contributed by atoms with Crippen LogP contribution in [0.5, 0.6) is 0 Å². The zero-order valence-electron chi connectivity index (χ0n) is 10.00. The lowest BCUT2D eigenvalue weighted by Crippen LogP contribution is -2.46. The molecular weight excluding hydrogens is 230 g/mol. The Labute approximate surface area is 104 Å². The van der Waals surface area contributed by atoms with Gasteiger partial charge in [0, 0.05) is 24.7 Å². The summed E-state index contributed by atoms with van der Waals surface area (Å²) < 4.78 is 0. The van der Waals surface area contributed by atoms with Crippen LogP contribution < -0.4 is 4.90 Å². The maximum atomic E-state index is 10.9. The van der Waals surface area contributed by atoms with E-state index in [0.717, 1.165) is 29.9 Å². The molecule has 0 spiro atoms. The first-order valence-electron chi connectivity index (χ1n) is 5.88. The van der Waals surface area contributed by atoms with Gasteiger partial charge in [0.1, 0.15) is 0 Å². The van der Waals surface area contributed by atoms with Gasteiger partial charge in [-0.05, 0) is 24.1 Å². The monoisotopic (exact) mass is 243 g/mol. The van der Waals surface area contributed by atoms with Crippen molar-refractivity contribution in [2.45, 2.75) is 6.92 Å². The van der Waals surface area contributed by atoms with E-state index in [9.17, 15) is 4.79 Å². The Morgan fingerprint density at radius 1 is 1.44 bits per heavy atom. The van der Waals surface area contributed by atoms with Crippen LogP contribution >= 0.6 is 0 Å². The summed E-state index contributed by atoms with van der Waals surface area (Å²) in [5, 5.41) is 9.67. The highest BCUT2D eigenvalue weighted by Crippen LogP contribution is 2.22. The molecule has 1 fully saturated rings. The van der Waals surface area contributed by atoms with Crippen molar-refractivity contribution in [1.82, 2.24) is 9.97 Å². The minimum Gasteiger partial charge on any atom is -0.478 e. The minimum absolute atomic E-state index is 0.261.